The summed E-state index contributed by atoms with van der Waals surface area (Å²) in [4.78, 5) is 25.0. The van der Waals surface area contributed by atoms with Crippen molar-refractivity contribution in [1.82, 2.24) is 10.2 Å². The SMILES string of the molecule is O=CN1CCC[C@H]1C(=O)NC1CCCc2ccccc21. The Morgan fingerprint density at radius 1 is 1.25 bits per heavy atom. The van der Waals surface area contributed by atoms with Crippen molar-refractivity contribution in [3.05, 3.63) is 35.4 Å². The predicted octanol–water partition coefficient (Wildman–Crippen LogP) is 1.80. The topological polar surface area (TPSA) is 49.4 Å². The van der Waals surface area contributed by atoms with Crippen LogP contribution in [0.5, 0.6) is 0 Å². The molecular formula is C16H20N2O2. The van der Waals surface area contributed by atoms with Crippen molar-refractivity contribution in [3.8, 4) is 0 Å². The van der Waals surface area contributed by atoms with Crippen molar-refractivity contribution in [1.29, 1.82) is 0 Å². The molecule has 0 saturated carbocycles. The number of benzene rings is 1. The number of nitrogens with zero attached hydrogens (tertiary/aromatic N) is 1. The van der Waals surface area contributed by atoms with Gasteiger partial charge in [-0.15, -0.1) is 0 Å². The summed E-state index contributed by atoms with van der Waals surface area (Å²) in [5.41, 5.74) is 2.57. The number of likely N-dealkylation sites (tertiary alicyclic amines) is 1. The second-order valence-corrected chi connectivity index (χ2v) is 5.65. The van der Waals surface area contributed by atoms with E-state index in [4.69, 9.17) is 0 Å². The van der Waals surface area contributed by atoms with E-state index in [9.17, 15) is 9.59 Å². The third-order valence-corrected chi connectivity index (χ3v) is 4.42. The van der Waals surface area contributed by atoms with Gasteiger partial charge in [0, 0.05) is 6.54 Å². The first-order valence-corrected chi connectivity index (χ1v) is 7.39. The van der Waals surface area contributed by atoms with Crippen molar-refractivity contribution < 1.29 is 9.59 Å². The molecule has 1 unspecified atom stereocenters. The van der Waals surface area contributed by atoms with Gasteiger partial charge in [-0.1, -0.05) is 24.3 Å². The molecule has 1 N–H and O–H groups in total. The van der Waals surface area contributed by atoms with Crippen LogP contribution < -0.4 is 5.32 Å². The van der Waals surface area contributed by atoms with Crippen LogP contribution in [0.2, 0.25) is 0 Å². The first-order chi connectivity index (χ1) is 9.79. The molecule has 20 heavy (non-hydrogen) atoms. The van der Waals surface area contributed by atoms with Crippen LogP contribution in [0.3, 0.4) is 0 Å². The van der Waals surface area contributed by atoms with Gasteiger partial charge in [0.15, 0.2) is 0 Å². The minimum atomic E-state index is -0.276. The number of nitrogens with one attached hydrogen (secondary N) is 1. The minimum Gasteiger partial charge on any atom is -0.347 e. The molecule has 1 heterocycles. The molecule has 2 amide bonds. The summed E-state index contributed by atoms with van der Waals surface area (Å²) in [7, 11) is 0. The highest BCUT2D eigenvalue weighted by atomic mass is 16.2. The first-order valence-electron chi connectivity index (χ1n) is 7.39. The highest BCUT2D eigenvalue weighted by Gasteiger charge is 2.31. The van der Waals surface area contributed by atoms with E-state index in [0.29, 0.717) is 6.54 Å². The Morgan fingerprint density at radius 2 is 2.10 bits per heavy atom. The number of fused-ring (bicyclic) bond motifs is 1. The molecule has 0 aromatic heterocycles. The van der Waals surface area contributed by atoms with Crippen LogP contribution in [0.4, 0.5) is 0 Å². The van der Waals surface area contributed by atoms with Gasteiger partial charge in [-0.05, 0) is 43.2 Å². The van der Waals surface area contributed by atoms with Crippen LogP contribution in [0, 0.1) is 0 Å². The summed E-state index contributed by atoms with van der Waals surface area (Å²) in [6, 6.07) is 8.14. The van der Waals surface area contributed by atoms with E-state index in [-0.39, 0.29) is 18.0 Å². The minimum absolute atomic E-state index is 0.00342. The van der Waals surface area contributed by atoms with Crippen LogP contribution in [-0.4, -0.2) is 29.8 Å². The van der Waals surface area contributed by atoms with Gasteiger partial charge in [-0.3, -0.25) is 9.59 Å². The number of amides is 2. The van der Waals surface area contributed by atoms with E-state index in [1.54, 1.807) is 4.90 Å². The lowest BCUT2D eigenvalue weighted by Crippen LogP contribution is -2.44. The molecule has 3 rings (SSSR count). The van der Waals surface area contributed by atoms with Crippen LogP contribution >= 0.6 is 0 Å². The molecule has 0 bridgehead atoms. The fraction of sp³-hybridized carbons (Fsp3) is 0.500. The normalized spacial score (nSPS) is 25.1. The molecule has 4 nitrogen and oxygen atoms in total. The van der Waals surface area contributed by atoms with Gasteiger partial charge in [0.05, 0.1) is 6.04 Å². The highest BCUT2D eigenvalue weighted by Crippen LogP contribution is 2.30. The number of carbonyl (C=O) groups is 2. The zero-order chi connectivity index (χ0) is 13.9. The first kappa shape index (κ1) is 13.2. The summed E-state index contributed by atoms with van der Waals surface area (Å²) in [6.07, 6.45) is 5.66. The van der Waals surface area contributed by atoms with Gasteiger partial charge in [0.25, 0.3) is 0 Å². The molecule has 106 valence electrons. The zero-order valence-electron chi connectivity index (χ0n) is 11.5. The zero-order valence-corrected chi connectivity index (χ0v) is 11.5. The fourth-order valence-corrected chi connectivity index (χ4v) is 3.37. The Bertz CT molecular complexity index is 515. The Morgan fingerprint density at radius 3 is 2.95 bits per heavy atom. The van der Waals surface area contributed by atoms with Gasteiger partial charge in [0.1, 0.15) is 6.04 Å². The van der Waals surface area contributed by atoms with E-state index < -0.39 is 0 Å². The van der Waals surface area contributed by atoms with Crippen LogP contribution in [0.25, 0.3) is 0 Å². The van der Waals surface area contributed by atoms with E-state index in [1.165, 1.54) is 11.1 Å². The lowest BCUT2D eigenvalue weighted by atomic mass is 9.87. The third-order valence-electron chi connectivity index (χ3n) is 4.42. The largest absolute Gasteiger partial charge is 0.347 e. The summed E-state index contributed by atoms with van der Waals surface area (Å²) >= 11 is 0. The van der Waals surface area contributed by atoms with Crippen molar-refractivity contribution >= 4 is 12.3 Å². The predicted molar refractivity (Wildman–Crippen MR) is 76.1 cm³/mol. The summed E-state index contributed by atoms with van der Waals surface area (Å²) in [5, 5.41) is 3.14. The summed E-state index contributed by atoms with van der Waals surface area (Å²) in [6.45, 7) is 0.697. The Hall–Kier alpha value is -1.84. The molecule has 0 spiro atoms. The standard InChI is InChI=1S/C16H20N2O2/c19-11-18-10-4-9-15(18)16(20)17-14-8-3-6-12-5-1-2-7-13(12)14/h1-2,5,7,11,14-15H,3-4,6,8-10H2,(H,17,20)/t14?,15-/m0/s1. The molecule has 0 radical (unpaired) electrons. The molecule has 1 aromatic rings. The number of hydrogen-bond acceptors (Lipinski definition) is 2. The molecule has 2 atom stereocenters. The molecule has 4 heteroatoms. The fourth-order valence-electron chi connectivity index (χ4n) is 3.37. The molecule has 1 aromatic carbocycles. The third kappa shape index (κ3) is 2.42. The van der Waals surface area contributed by atoms with Crippen molar-refractivity contribution in [3.63, 3.8) is 0 Å². The van der Waals surface area contributed by atoms with E-state index >= 15 is 0 Å². The number of hydrogen-bond donors (Lipinski definition) is 1. The Kier molecular flexibility index (Phi) is 3.72. The van der Waals surface area contributed by atoms with Crippen molar-refractivity contribution in [2.45, 2.75) is 44.2 Å². The quantitative estimate of drug-likeness (QED) is 0.853. The number of aryl methyl sites for hydroxylation is 1. The lowest BCUT2D eigenvalue weighted by molar-refractivity contribution is -0.131. The Labute approximate surface area is 119 Å². The molecule has 1 aliphatic carbocycles. The lowest BCUT2D eigenvalue weighted by Gasteiger charge is -2.28. The van der Waals surface area contributed by atoms with Gasteiger partial charge < -0.3 is 10.2 Å². The molecule has 1 fully saturated rings. The maximum Gasteiger partial charge on any atom is 0.243 e. The molecular weight excluding hydrogens is 252 g/mol. The average Bonchev–Trinajstić information content (AvgIpc) is 2.96. The van der Waals surface area contributed by atoms with Crippen molar-refractivity contribution in [2.24, 2.45) is 0 Å². The number of carbonyl (C=O) groups excluding carboxylic acids is 2. The van der Waals surface area contributed by atoms with Gasteiger partial charge >= 0.3 is 0 Å². The van der Waals surface area contributed by atoms with Crippen LogP contribution in [-0.2, 0) is 16.0 Å². The monoisotopic (exact) mass is 272 g/mol. The number of rotatable bonds is 3. The smallest absolute Gasteiger partial charge is 0.243 e. The summed E-state index contributed by atoms with van der Waals surface area (Å²) in [5.74, 6) is -0.00342. The maximum atomic E-state index is 12.4. The van der Waals surface area contributed by atoms with E-state index in [2.05, 4.69) is 17.4 Å². The molecule has 1 aliphatic heterocycles. The van der Waals surface area contributed by atoms with Gasteiger partial charge in [0.2, 0.25) is 12.3 Å². The van der Waals surface area contributed by atoms with Crippen LogP contribution in [0.1, 0.15) is 42.9 Å². The highest BCUT2D eigenvalue weighted by molar-refractivity contribution is 5.84. The average molecular weight is 272 g/mol. The van der Waals surface area contributed by atoms with Gasteiger partial charge in [-0.2, -0.15) is 0 Å². The molecule has 2 aliphatic rings. The van der Waals surface area contributed by atoms with Gasteiger partial charge in [-0.25, -0.2) is 0 Å². The second-order valence-electron chi connectivity index (χ2n) is 5.65. The molecule has 1 saturated heterocycles. The van der Waals surface area contributed by atoms with Crippen molar-refractivity contribution in [2.75, 3.05) is 6.54 Å². The Balaban J connectivity index is 1.72. The second kappa shape index (κ2) is 5.65. The summed E-state index contributed by atoms with van der Waals surface area (Å²) < 4.78 is 0. The van der Waals surface area contributed by atoms with Crippen LogP contribution in [0.15, 0.2) is 24.3 Å². The maximum absolute atomic E-state index is 12.4. The van der Waals surface area contributed by atoms with E-state index in [1.807, 2.05) is 12.1 Å². The van der Waals surface area contributed by atoms with E-state index in [0.717, 1.165) is 38.5 Å².